The largest absolute Gasteiger partial charge is 0.361 e. The Morgan fingerprint density at radius 2 is 2.18 bits per heavy atom. The Balaban J connectivity index is 0.000000317. The van der Waals surface area contributed by atoms with Gasteiger partial charge in [0.25, 0.3) is 0 Å². The average molecular weight is 237 g/mol. The Kier molecular flexibility index (Phi) is 4.83. The Bertz CT molecular complexity index is 485. The molecule has 1 aromatic carbocycles. The molecule has 1 heterocycles. The van der Waals surface area contributed by atoms with E-state index >= 15 is 0 Å². The van der Waals surface area contributed by atoms with Crippen LogP contribution in [0.1, 0.15) is 5.76 Å². The van der Waals surface area contributed by atoms with Crippen molar-refractivity contribution in [3.8, 4) is 11.3 Å². The minimum Gasteiger partial charge on any atom is -0.361 e. The van der Waals surface area contributed by atoms with Crippen LogP contribution in [0.5, 0.6) is 0 Å². The quantitative estimate of drug-likeness (QED) is 0.358. The van der Waals surface area contributed by atoms with Crippen molar-refractivity contribution in [1.29, 1.82) is 0 Å². The van der Waals surface area contributed by atoms with Crippen LogP contribution in [-0.2, 0) is 4.79 Å². The first-order chi connectivity index (χ1) is 8.17. The third kappa shape index (κ3) is 4.04. The smallest absolute Gasteiger partial charge is 0.221 e. The lowest BCUT2D eigenvalue weighted by Gasteiger charge is -1.93. The zero-order valence-corrected chi connectivity index (χ0v) is 9.18. The molecule has 0 radical (unpaired) electrons. The summed E-state index contributed by atoms with van der Waals surface area (Å²) in [5.41, 5.74) is 3.15. The van der Waals surface area contributed by atoms with Gasteiger partial charge in [0, 0.05) is 11.6 Å². The first kappa shape index (κ1) is 12.9. The van der Waals surface area contributed by atoms with Crippen molar-refractivity contribution in [1.82, 2.24) is 10.6 Å². The second-order valence-electron chi connectivity index (χ2n) is 3.12. The van der Waals surface area contributed by atoms with Gasteiger partial charge in [0.1, 0.15) is 17.3 Å². The van der Waals surface area contributed by atoms with Gasteiger partial charge in [0.2, 0.25) is 6.41 Å². The molecule has 0 saturated carbocycles. The predicted molar refractivity (Wildman–Crippen MR) is 60.0 cm³/mol. The minimum absolute atomic E-state index is 0.266. The van der Waals surface area contributed by atoms with Gasteiger partial charge < -0.3 is 4.52 Å². The number of benzene rings is 1. The molecule has 0 aliphatic heterocycles. The van der Waals surface area contributed by atoms with E-state index in [2.05, 4.69) is 11.0 Å². The Hall–Kier alpha value is -2.21. The topological polar surface area (TPSA) is 81.2 Å². The second kappa shape index (κ2) is 6.39. The summed E-state index contributed by atoms with van der Waals surface area (Å²) in [6.07, 6.45) is 0.403. The average Bonchev–Trinajstić information content (AvgIpc) is 2.76. The van der Waals surface area contributed by atoms with Crippen molar-refractivity contribution in [3.05, 3.63) is 41.9 Å². The van der Waals surface area contributed by atoms with Crippen molar-refractivity contribution in [3.63, 3.8) is 0 Å². The van der Waals surface area contributed by atoms with Crippen LogP contribution >= 0.6 is 0 Å². The van der Waals surface area contributed by atoms with E-state index < -0.39 is 0 Å². The fourth-order valence-electron chi connectivity index (χ4n) is 1.15. The second-order valence-corrected chi connectivity index (χ2v) is 3.12. The summed E-state index contributed by atoms with van der Waals surface area (Å²) in [7, 11) is 0. The molecule has 0 aliphatic carbocycles. The van der Waals surface area contributed by atoms with E-state index in [4.69, 9.17) is 9.32 Å². The van der Waals surface area contributed by atoms with Gasteiger partial charge in [-0.3, -0.25) is 10.2 Å². The fraction of sp³-hybridized carbons (Fsp3) is 0.0909. The van der Waals surface area contributed by atoms with E-state index in [1.807, 2.05) is 0 Å². The molecule has 0 saturated heterocycles. The fourth-order valence-corrected chi connectivity index (χ4v) is 1.15. The van der Waals surface area contributed by atoms with Crippen LogP contribution in [0.4, 0.5) is 4.39 Å². The number of hydrazine groups is 1. The van der Waals surface area contributed by atoms with Crippen molar-refractivity contribution in [2.45, 2.75) is 6.92 Å². The van der Waals surface area contributed by atoms with Crippen molar-refractivity contribution in [2.24, 2.45) is 5.84 Å². The molecule has 5 nitrogen and oxygen atoms in total. The van der Waals surface area contributed by atoms with E-state index in [-0.39, 0.29) is 5.82 Å². The summed E-state index contributed by atoms with van der Waals surface area (Å²) < 4.78 is 17.7. The lowest BCUT2D eigenvalue weighted by molar-refractivity contribution is -0.109. The summed E-state index contributed by atoms with van der Waals surface area (Å²) in [6, 6.07) is 8.04. The van der Waals surface area contributed by atoms with Gasteiger partial charge in [-0.25, -0.2) is 10.2 Å². The molecule has 17 heavy (non-hydrogen) atoms. The van der Waals surface area contributed by atoms with Crippen LogP contribution < -0.4 is 11.3 Å². The van der Waals surface area contributed by atoms with Gasteiger partial charge in [-0.2, -0.15) is 0 Å². The standard InChI is InChI=1S/C10H8FNO.CH4N2O/c1-7-5-10(12-13-7)8-3-2-4-9(11)6-8;2-3-1-4/h2-6H,1H3;1H,2H2,(H,3,4). The molecule has 0 bridgehead atoms. The van der Waals surface area contributed by atoms with Crippen LogP contribution in [0.2, 0.25) is 0 Å². The lowest BCUT2D eigenvalue weighted by Crippen LogP contribution is -2.18. The van der Waals surface area contributed by atoms with E-state index in [0.717, 1.165) is 11.3 Å². The molecule has 0 atom stereocenters. The molecule has 2 aromatic rings. The number of amides is 1. The summed E-state index contributed by atoms with van der Waals surface area (Å²) >= 11 is 0. The molecule has 0 fully saturated rings. The molecule has 0 aliphatic rings. The zero-order chi connectivity index (χ0) is 12.7. The van der Waals surface area contributed by atoms with Crippen molar-refractivity contribution < 1.29 is 13.7 Å². The molecule has 1 aromatic heterocycles. The Morgan fingerprint density at radius 3 is 2.65 bits per heavy atom. The van der Waals surface area contributed by atoms with E-state index in [9.17, 15) is 4.39 Å². The highest BCUT2D eigenvalue weighted by molar-refractivity contribution is 5.58. The van der Waals surface area contributed by atoms with Crippen molar-refractivity contribution in [2.75, 3.05) is 0 Å². The maximum absolute atomic E-state index is 12.8. The van der Waals surface area contributed by atoms with E-state index in [1.165, 1.54) is 12.1 Å². The van der Waals surface area contributed by atoms with Crippen molar-refractivity contribution >= 4 is 6.41 Å². The molecule has 6 heteroatoms. The number of rotatable bonds is 2. The highest BCUT2D eigenvalue weighted by Crippen LogP contribution is 2.19. The molecule has 0 spiro atoms. The van der Waals surface area contributed by atoms with Gasteiger partial charge in [-0.15, -0.1) is 0 Å². The van der Waals surface area contributed by atoms with Crippen LogP contribution in [-0.4, -0.2) is 11.6 Å². The van der Waals surface area contributed by atoms with Crippen LogP contribution in [0.15, 0.2) is 34.9 Å². The summed E-state index contributed by atoms with van der Waals surface area (Å²) in [6.45, 7) is 1.80. The molecule has 0 unspecified atom stereocenters. The normalized spacial score (nSPS) is 9.12. The third-order valence-electron chi connectivity index (χ3n) is 1.82. The van der Waals surface area contributed by atoms with E-state index in [1.54, 1.807) is 30.5 Å². The van der Waals surface area contributed by atoms with E-state index in [0.29, 0.717) is 12.1 Å². The lowest BCUT2D eigenvalue weighted by atomic mass is 10.1. The van der Waals surface area contributed by atoms with Gasteiger partial charge in [0.15, 0.2) is 0 Å². The monoisotopic (exact) mass is 237 g/mol. The molecular weight excluding hydrogens is 225 g/mol. The molecule has 1 amide bonds. The first-order valence-corrected chi connectivity index (χ1v) is 4.76. The van der Waals surface area contributed by atoms with Gasteiger partial charge in [-0.05, 0) is 19.1 Å². The Morgan fingerprint density at radius 1 is 1.47 bits per heavy atom. The number of carbonyl (C=O) groups is 1. The SMILES string of the molecule is Cc1cc(-c2cccc(F)c2)no1.NNC=O. The number of aryl methyl sites for hydroxylation is 1. The number of nitrogens with two attached hydrogens (primary N) is 1. The van der Waals surface area contributed by atoms with Crippen LogP contribution in [0, 0.1) is 12.7 Å². The Labute approximate surface area is 97.4 Å². The summed E-state index contributed by atoms with van der Waals surface area (Å²) in [5.74, 6) is 4.87. The number of aromatic nitrogens is 1. The first-order valence-electron chi connectivity index (χ1n) is 4.76. The van der Waals surface area contributed by atoms with Crippen LogP contribution in [0.25, 0.3) is 11.3 Å². The molecule has 3 N–H and O–H groups in total. The maximum atomic E-state index is 12.8. The molecular formula is C11H12FN3O2. The molecule has 2 rings (SSSR count). The number of halogens is 1. The summed E-state index contributed by atoms with van der Waals surface area (Å²) in [5, 5.41) is 3.79. The number of nitrogens with zero attached hydrogens (tertiary/aromatic N) is 1. The molecule has 90 valence electrons. The van der Waals surface area contributed by atoms with Gasteiger partial charge in [-0.1, -0.05) is 17.3 Å². The number of hydrogen-bond acceptors (Lipinski definition) is 4. The maximum Gasteiger partial charge on any atom is 0.221 e. The predicted octanol–water partition coefficient (Wildman–Crippen LogP) is 1.40. The zero-order valence-electron chi connectivity index (χ0n) is 9.18. The highest BCUT2D eigenvalue weighted by Gasteiger charge is 2.03. The highest BCUT2D eigenvalue weighted by atomic mass is 19.1. The number of hydrogen-bond donors (Lipinski definition) is 2. The summed E-state index contributed by atoms with van der Waals surface area (Å²) in [4.78, 5) is 8.94. The number of nitrogens with one attached hydrogen (secondary N) is 1. The minimum atomic E-state index is -0.266. The number of carbonyl (C=O) groups excluding carboxylic acids is 1. The van der Waals surface area contributed by atoms with Gasteiger partial charge in [0.05, 0.1) is 0 Å². The third-order valence-corrected chi connectivity index (χ3v) is 1.82. The van der Waals surface area contributed by atoms with Crippen LogP contribution in [0.3, 0.4) is 0 Å². The van der Waals surface area contributed by atoms with Gasteiger partial charge >= 0.3 is 0 Å².